The molecule has 0 fully saturated rings. The highest BCUT2D eigenvalue weighted by molar-refractivity contribution is 7.98. The van der Waals surface area contributed by atoms with Crippen molar-refractivity contribution < 1.29 is 0 Å². The zero-order valence-corrected chi connectivity index (χ0v) is 19.2. The van der Waals surface area contributed by atoms with Crippen LogP contribution in [-0.2, 0) is 5.75 Å². The summed E-state index contributed by atoms with van der Waals surface area (Å²) in [5.74, 6) is 0.489. The molecular formula is C24H19N5OS2. The smallest absolute Gasteiger partial charge is 0.258 e. The molecule has 8 heteroatoms. The second kappa shape index (κ2) is 8.64. The lowest BCUT2D eigenvalue weighted by atomic mass is 10.0. The summed E-state index contributed by atoms with van der Waals surface area (Å²) in [4.78, 5) is 22.3. The molecule has 32 heavy (non-hydrogen) atoms. The second-order valence-corrected chi connectivity index (χ2v) is 9.27. The van der Waals surface area contributed by atoms with E-state index >= 15 is 0 Å². The fourth-order valence-electron chi connectivity index (χ4n) is 3.29. The maximum atomic E-state index is 12.2. The Morgan fingerprint density at radius 3 is 2.22 bits per heavy atom. The maximum absolute atomic E-state index is 12.2. The van der Waals surface area contributed by atoms with Gasteiger partial charge in [0.15, 0.2) is 4.96 Å². The van der Waals surface area contributed by atoms with Crippen molar-refractivity contribution in [3.05, 3.63) is 93.3 Å². The molecule has 0 saturated heterocycles. The molecule has 2 aromatic carbocycles. The molecule has 158 valence electrons. The van der Waals surface area contributed by atoms with Gasteiger partial charge in [0.25, 0.3) is 5.56 Å². The predicted molar refractivity (Wildman–Crippen MR) is 129 cm³/mol. The number of nitrogens with zero attached hydrogens (tertiary/aromatic N) is 5. The SMILES string of the molecule is Cc1ccc(-c2nnc(SCc3cc(=O)n4ccsc4n3)nc2-c2ccc(C)cc2)cc1. The molecule has 0 unspecified atom stereocenters. The first-order chi connectivity index (χ1) is 15.6. The molecule has 3 aromatic heterocycles. The number of aromatic nitrogens is 5. The van der Waals surface area contributed by atoms with Crippen LogP contribution in [0.3, 0.4) is 0 Å². The van der Waals surface area contributed by atoms with Gasteiger partial charge in [0.2, 0.25) is 5.16 Å². The van der Waals surface area contributed by atoms with Crippen molar-refractivity contribution >= 4 is 28.1 Å². The molecule has 0 bridgehead atoms. The number of aryl methyl sites for hydroxylation is 2. The number of benzene rings is 2. The standard InChI is InChI=1S/C24H19N5OS2/c1-15-3-7-17(8-4-15)21-22(18-9-5-16(2)6-10-18)27-28-23(26-21)32-14-19-13-20(30)29-11-12-31-24(29)25-19/h3-13H,14H2,1-2H3. The summed E-state index contributed by atoms with van der Waals surface area (Å²) in [6, 6.07) is 18.0. The molecule has 0 aliphatic rings. The van der Waals surface area contributed by atoms with Crippen molar-refractivity contribution in [1.82, 2.24) is 24.6 Å². The van der Waals surface area contributed by atoms with Gasteiger partial charge in [-0.15, -0.1) is 21.5 Å². The molecule has 0 amide bonds. The Balaban J connectivity index is 1.50. The summed E-state index contributed by atoms with van der Waals surface area (Å²) in [6.45, 7) is 4.12. The molecule has 0 radical (unpaired) electrons. The van der Waals surface area contributed by atoms with Crippen molar-refractivity contribution in [1.29, 1.82) is 0 Å². The Hall–Kier alpha value is -3.36. The maximum Gasteiger partial charge on any atom is 0.258 e. The van der Waals surface area contributed by atoms with Crippen molar-refractivity contribution in [2.75, 3.05) is 0 Å². The third kappa shape index (κ3) is 4.19. The summed E-state index contributed by atoms with van der Waals surface area (Å²) in [7, 11) is 0. The quantitative estimate of drug-likeness (QED) is 0.339. The molecule has 0 saturated carbocycles. The summed E-state index contributed by atoms with van der Waals surface area (Å²) in [5, 5.41) is 11.3. The fourth-order valence-corrected chi connectivity index (χ4v) is 4.71. The van der Waals surface area contributed by atoms with Crippen molar-refractivity contribution in [3.63, 3.8) is 0 Å². The number of rotatable bonds is 5. The molecule has 0 atom stereocenters. The van der Waals surface area contributed by atoms with Gasteiger partial charge in [-0.05, 0) is 13.8 Å². The van der Waals surface area contributed by atoms with Crippen molar-refractivity contribution in [3.8, 4) is 22.5 Å². The van der Waals surface area contributed by atoms with Gasteiger partial charge < -0.3 is 0 Å². The first kappa shape index (κ1) is 20.5. The van der Waals surface area contributed by atoms with Crippen LogP contribution in [0, 0.1) is 13.8 Å². The van der Waals surface area contributed by atoms with Gasteiger partial charge in [0, 0.05) is 34.5 Å². The monoisotopic (exact) mass is 457 g/mol. The van der Waals surface area contributed by atoms with Crippen molar-refractivity contribution in [2.45, 2.75) is 24.8 Å². The Kier molecular flexibility index (Phi) is 5.55. The first-order valence-corrected chi connectivity index (χ1v) is 11.9. The van der Waals surface area contributed by atoms with Gasteiger partial charge in [-0.1, -0.05) is 71.4 Å². The van der Waals surface area contributed by atoms with E-state index in [0.29, 0.717) is 21.6 Å². The number of fused-ring (bicyclic) bond motifs is 1. The third-order valence-electron chi connectivity index (χ3n) is 5.02. The molecule has 0 spiro atoms. The number of hydrogen-bond acceptors (Lipinski definition) is 7. The van der Waals surface area contributed by atoms with Crippen LogP contribution in [0.4, 0.5) is 0 Å². The van der Waals surface area contributed by atoms with E-state index in [-0.39, 0.29) is 5.56 Å². The summed E-state index contributed by atoms with van der Waals surface area (Å²) in [5.41, 5.74) is 6.47. The highest BCUT2D eigenvalue weighted by Crippen LogP contribution is 2.31. The molecule has 0 aliphatic carbocycles. The van der Waals surface area contributed by atoms with Gasteiger partial charge in [0.1, 0.15) is 11.4 Å². The fraction of sp³-hybridized carbons (Fsp3) is 0.125. The highest BCUT2D eigenvalue weighted by Gasteiger charge is 2.15. The highest BCUT2D eigenvalue weighted by atomic mass is 32.2. The van der Waals surface area contributed by atoms with Gasteiger partial charge in [-0.25, -0.2) is 9.97 Å². The van der Waals surface area contributed by atoms with E-state index in [1.54, 1.807) is 16.7 Å². The summed E-state index contributed by atoms with van der Waals surface area (Å²) in [6.07, 6.45) is 1.73. The van der Waals surface area contributed by atoms with Crippen LogP contribution < -0.4 is 5.56 Å². The Morgan fingerprint density at radius 1 is 0.875 bits per heavy atom. The third-order valence-corrected chi connectivity index (χ3v) is 6.65. The zero-order valence-electron chi connectivity index (χ0n) is 17.5. The van der Waals surface area contributed by atoms with Crippen LogP contribution in [-0.4, -0.2) is 24.6 Å². The van der Waals surface area contributed by atoms with E-state index < -0.39 is 0 Å². The van der Waals surface area contributed by atoms with E-state index in [1.807, 2.05) is 17.5 Å². The van der Waals surface area contributed by atoms with Crippen LogP contribution in [0.15, 0.2) is 76.1 Å². The normalized spacial score (nSPS) is 11.2. The lowest BCUT2D eigenvalue weighted by molar-refractivity contribution is 0.849. The van der Waals surface area contributed by atoms with Crippen LogP contribution in [0.1, 0.15) is 16.8 Å². The average Bonchev–Trinajstić information content (AvgIpc) is 3.28. The van der Waals surface area contributed by atoms with Crippen LogP contribution in [0.25, 0.3) is 27.5 Å². The Morgan fingerprint density at radius 2 is 1.53 bits per heavy atom. The molecule has 3 heterocycles. The first-order valence-electron chi connectivity index (χ1n) is 10.0. The van der Waals surface area contributed by atoms with Gasteiger partial charge >= 0.3 is 0 Å². The van der Waals surface area contributed by atoms with E-state index in [2.05, 4.69) is 65.4 Å². The molecular weight excluding hydrogens is 438 g/mol. The second-order valence-electron chi connectivity index (χ2n) is 7.45. The van der Waals surface area contributed by atoms with Crippen LogP contribution >= 0.6 is 23.1 Å². The van der Waals surface area contributed by atoms with Crippen molar-refractivity contribution in [2.24, 2.45) is 0 Å². The molecule has 5 rings (SSSR count). The minimum Gasteiger partial charge on any atom is -0.269 e. The number of thioether (sulfide) groups is 1. The molecule has 0 aliphatic heterocycles. The summed E-state index contributed by atoms with van der Waals surface area (Å²) >= 11 is 2.86. The van der Waals surface area contributed by atoms with E-state index in [9.17, 15) is 4.79 Å². The Labute approximate surface area is 193 Å². The lowest BCUT2D eigenvalue weighted by Crippen LogP contribution is -2.12. The molecule has 0 N–H and O–H groups in total. The largest absolute Gasteiger partial charge is 0.269 e. The van der Waals surface area contributed by atoms with E-state index in [4.69, 9.17) is 4.98 Å². The van der Waals surface area contributed by atoms with Gasteiger partial charge in [-0.3, -0.25) is 9.20 Å². The van der Waals surface area contributed by atoms with Gasteiger partial charge in [-0.2, -0.15) is 0 Å². The topological polar surface area (TPSA) is 73.0 Å². The van der Waals surface area contributed by atoms with Gasteiger partial charge in [0.05, 0.1) is 5.69 Å². The number of thiazole rings is 1. The zero-order chi connectivity index (χ0) is 22.1. The van der Waals surface area contributed by atoms with Crippen LogP contribution in [0.5, 0.6) is 0 Å². The lowest BCUT2D eigenvalue weighted by Gasteiger charge is -2.10. The average molecular weight is 458 g/mol. The number of hydrogen-bond donors (Lipinski definition) is 0. The van der Waals surface area contributed by atoms with Crippen LogP contribution in [0.2, 0.25) is 0 Å². The molecule has 6 nitrogen and oxygen atoms in total. The minimum absolute atomic E-state index is 0.0824. The van der Waals surface area contributed by atoms with E-state index in [1.165, 1.54) is 34.2 Å². The Bertz CT molecular complexity index is 1460. The predicted octanol–water partition coefficient (Wildman–Crippen LogP) is 5.18. The molecule has 5 aromatic rings. The summed E-state index contributed by atoms with van der Waals surface area (Å²) < 4.78 is 1.54. The minimum atomic E-state index is -0.0824. The van der Waals surface area contributed by atoms with E-state index in [0.717, 1.165) is 22.5 Å².